The van der Waals surface area contributed by atoms with Gasteiger partial charge in [-0.25, -0.2) is 4.52 Å². The predicted molar refractivity (Wildman–Crippen MR) is 127 cm³/mol. The monoisotopic (exact) mass is 436 g/mol. The van der Waals surface area contributed by atoms with Crippen molar-refractivity contribution >= 4 is 5.52 Å². The zero-order valence-corrected chi connectivity index (χ0v) is 18.8. The van der Waals surface area contributed by atoms with Crippen LogP contribution in [0.4, 0.5) is 0 Å². The van der Waals surface area contributed by atoms with Gasteiger partial charge in [0.2, 0.25) is 0 Å². The lowest BCUT2D eigenvalue weighted by atomic mass is 9.80. The van der Waals surface area contributed by atoms with Crippen LogP contribution in [0.3, 0.4) is 0 Å². The number of nitrogens with zero attached hydrogens (tertiary/aromatic N) is 6. The Morgan fingerprint density at radius 3 is 2.42 bits per heavy atom. The number of rotatable bonds is 5. The fraction of sp³-hybridized carbons (Fsp3) is 0.407. The lowest BCUT2D eigenvalue weighted by molar-refractivity contribution is 0.266. The normalized spacial score (nSPS) is 21.1. The summed E-state index contributed by atoms with van der Waals surface area (Å²) in [5.74, 6) is 1.37. The molecule has 0 spiro atoms. The first-order valence-corrected chi connectivity index (χ1v) is 12.1. The molecule has 2 aliphatic carbocycles. The Kier molecular flexibility index (Phi) is 5.18. The molecule has 0 unspecified atom stereocenters. The Hall–Kier alpha value is -3.46. The molecule has 0 N–H and O–H groups in total. The van der Waals surface area contributed by atoms with Gasteiger partial charge in [-0.2, -0.15) is 15.5 Å². The molecule has 3 heterocycles. The van der Waals surface area contributed by atoms with Crippen molar-refractivity contribution in [3.8, 4) is 28.3 Å². The highest BCUT2D eigenvalue weighted by Gasteiger charge is 2.26. The van der Waals surface area contributed by atoms with Crippen LogP contribution in [0.15, 0.2) is 55.2 Å². The summed E-state index contributed by atoms with van der Waals surface area (Å²) in [6, 6.07) is 11.2. The van der Waals surface area contributed by atoms with Crippen LogP contribution >= 0.6 is 0 Å². The van der Waals surface area contributed by atoms with E-state index in [1.807, 2.05) is 29.3 Å². The first kappa shape index (κ1) is 20.2. The molecule has 166 valence electrons. The highest BCUT2D eigenvalue weighted by molar-refractivity contribution is 5.83. The van der Waals surface area contributed by atoms with Crippen molar-refractivity contribution in [3.63, 3.8) is 0 Å². The minimum absolute atomic E-state index is 0.191. The highest BCUT2D eigenvalue weighted by atomic mass is 15.3. The van der Waals surface area contributed by atoms with Crippen molar-refractivity contribution in [2.75, 3.05) is 0 Å². The van der Waals surface area contributed by atoms with E-state index in [4.69, 9.17) is 4.98 Å². The summed E-state index contributed by atoms with van der Waals surface area (Å²) in [5, 5.41) is 18.4. The molecular formula is C27H28N6. The van der Waals surface area contributed by atoms with Crippen molar-refractivity contribution in [1.29, 1.82) is 5.26 Å². The molecule has 1 aromatic carbocycles. The van der Waals surface area contributed by atoms with Crippen LogP contribution in [0.25, 0.3) is 27.8 Å². The molecule has 0 radical (unpaired) electrons. The lowest BCUT2D eigenvalue weighted by Gasteiger charge is -2.25. The zero-order valence-electron chi connectivity index (χ0n) is 18.8. The molecule has 33 heavy (non-hydrogen) atoms. The van der Waals surface area contributed by atoms with Crippen LogP contribution < -0.4 is 0 Å². The van der Waals surface area contributed by atoms with Gasteiger partial charge in [0.15, 0.2) is 0 Å². The Morgan fingerprint density at radius 1 is 0.909 bits per heavy atom. The van der Waals surface area contributed by atoms with E-state index in [1.165, 1.54) is 24.8 Å². The van der Waals surface area contributed by atoms with Gasteiger partial charge in [-0.15, -0.1) is 0 Å². The smallest absolute Gasteiger partial charge is 0.0958 e. The van der Waals surface area contributed by atoms with Gasteiger partial charge in [0.25, 0.3) is 0 Å². The number of fused-ring (bicyclic) bond motifs is 1. The number of aromatic nitrogens is 5. The molecule has 0 saturated heterocycles. The van der Waals surface area contributed by atoms with Crippen molar-refractivity contribution in [2.45, 2.75) is 57.4 Å². The number of benzene rings is 1. The summed E-state index contributed by atoms with van der Waals surface area (Å²) in [5.41, 5.74) is 6.82. The van der Waals surface area contributed by atoms with Crippen molar-refractivity contribution in [3.05, 3.63) is 60.9 Å². The van der Waals surface area contributed by atoms with Gasteiger partial charge in [0.1, 0.15) is 0 Å². The van der Waals surface area contributed by atoms with E-state index in [-0.39, 0.29) is 5.92 Å². The molecule has 0 aliphatic heterocycles. The average Bonchev–Trinajstić information content (AvgIpc) is 3.49. The first-order chi connectivity index (χ1) is 16.3. The largest absolute Gasteiger partial charge is 0.272 e. The van der Waals surface area contributed by atoms with Crippen molar-refractivity contribution < 1.29 is 0 Å². The van der Waals surface area contributed by atoms with Gasteiger partial charge in [-0.05, 0) is 55.6 Å². The molecule has 0 bridgehead atoms. The Morgan fingerprint density at radius 2 is 1.70 bits per heavy atom. The third kappa shape index (κ3) is 3.82. The molecule has 0 amide bonds. The number of hydrogen-bond donors (Lipinski definition) is 0. The SMILES string of the molecule is N#C[C@H]1CC[C@@H](c2nccn3ncc(-c4ccc(-c5cnn(CC6CCC6)c5)cc4)c23)CC1. The maximum Gasteiger partial charge on any atom is 0.0958 e. The molecule has 2 fully saturated rings. The molecule has 0 atom stereocenters. The Labute approximate surface area is 193 Å². The van der Waals surface area contributed by atoms with Gasteiger partial charge in [-0.1, -0.05) is 30.7 Å². The minimum atomic E-state index is 0.191. The van der Waals surface area contributed by atoms with Crippen LogP contribution in [0.1, 0.15) is 56.6 Å². The number of hydrogen-bond acceptors (Lipinski definition) is 4. The Bertz CT molecular complexity index is 1300. The summed E-state index contributed by atoms with van der Waals surface area (Å²) >= 11 is 0. The van der Waals surface area contributed by atoms with E-state index < -0.39 is 0 Å². The molecule has 4 aromatic rings. The second-order valence-corrected chi connectivity index (χ2v) is 9.67. The maximum atomic E-state index is 9.25. The lowest BCUT2D eigenvalue weighted by Crippen LogP contribution is -2.18. The second-order valence-electron chi connectivity index (χ2n) is 9.67. The summed E-state index contributed by atoms with van der Waals surface area (Å²) in [4.78, 5) is 4.79. The van der Waals surface area contributed by atoms with E-state index in [0.29, 0.717) is 5.92 Å². The van der Waals surface area contributed by atoms with E-state index in [9.17, 15) is 5.26 Å². The first-order valence-electron chi connectivity index (χ1n) is 12.1. The van der Waals surface area contributed by atoms with E-state index in [2.05, 4.69) is 51.4 Å². The topological polar surface area (TPSA) is 71.8 Å². The number of nitriles is 1. The average molecular weight is 437 g/mol. The molecule has 2 saturated carbocycles. The van der Waals surface area contributed by atoms with E-state index in [1.54, 1.807) is 0 Å². The van der Waals surface area contributed by atoms with E-state index in [0.717, 1.165) is 66.0 Å². The van der Waals surface area contributed by atoms with Crippen LogP contribution in [0.2, 0.25) is 0 Å². The minimum Gasteiger partial charge on any atom is -0.272 e. The fourth-order valence-corrected chi connectivity index (χ4v) is 5.37. The summed E-state index contributed by atoms with van der Waals surface area (Å²) in [6.07, 6.45) is 17.8. The third-order valence-corrected chi connectivity index (χ3v) is 7.59. The van der Waals surface area contributed by atoms with Crippen LogP contribution in [-0.4, -0.2) is 24.4 Å². The molecule has 2 aliphatic rings. The third-order valence-electron chi connectivity index (χ3n) is 7.59. The van der Waals surface area contributed by atoms with Gasteiger partial charge < -0.3 is 0 Å². The molecule has 6 nitrogen and oxygen atoms in total. The predicted octanol–water partition coefficient (Wildman–Crippen LogP) is 5.86. The van der Waals surface area contributed by atoms with Crippen LogP contribution in [-0.2, 0) is 6.54 Å². The standard InChI is InChI=1S/C27H28N6/c28-14-19-4-6-23(7-5-19)26-27-25(16-31-33(27)13-12-29-26)22-10-8-21(9-11-22)24-15-30-32(18-24)17-20-2-1-3-20/h8-13,15-16,18-20,23H,1-7,17H2/t19-,23+. The maximum absolute atomic E-state index is 9.25. The van der Waals surface area contributed by atoms with Gasteiger partial charge in [0.05, 0.1) is 29.7 Å². The molecule has 6 heteroatoms. The Balaban J connectivity index is 1.28. The summed E-state index contributed by atoms with van der Waals surface area (Å²) in [6.45, 7) is 1.03. The highest BCUT2D eigenvalue weighted by Crippen LogP contribution is 2.39. The summed E-state index contributed by atoms with van der Waals surface area (Å²) in [7, 11) is 0. The van der Waals surface area contributed by atoms with Crippen LogP contribution in [0.5, 0.6) is 0 Å². The van der Waals surface area contributed by atoms with Crippen LogP contribution in [0, 0.1) is 23.2 Å². The molecule has 3 aromatic heterocycles. The zero-order chi connectivity index (χ0) is 22.2. The van der Waals surface area contributed by atoms with E-state index >= 15 is 0 Å². The molecular weight excluding hydrogens is 408 g/mol. The second kappa shape index (κ2) is 8.47. The fourth-order valence-electron chi connectivity index (χ4n) is 5.37. The van der Waals surface area contributed by atoms with Crippen molar-refractivity contribution in [1.82, 2.24) is 24.4 Å². The van der Waals surface area contributed by atoms with Crippen molar-refractivity contribution in [2.24, 2.45) is 11.8 Å². The van der Waals surface area contributed by atoms with Gasteiger partial charge in [0, 0.05) is 48.1 Å². The molecule has 6 rings (SSSR count). The summed E-state index contributed by atoms with van der Waals surface area (Å²) < 4.78 is 4.05. The van der Waals surface area contributed by atoms with Gasteiger partial charge >= 0.3 is 0 Å². The van der Waals surface area contributed by atoms with Gasteiger partial charge in [-0.3, -0.25) is 9.67 Å². The quantitative estimate of drug-likeness (QED) is 0.393.